The minimum absolute atomic E-state index is 0.0214. The molecule has 1 aliphatic rings. The Balaban J connectivity index is 1.70. The van der Waals surface area contributed by atoms with Crippen LogP contribution in [0.3, 0.4) is 0 Å². The molecule has 28 heavy (non-hydrogen) atoms. The van der Waals surface area contributed by atoms with Gasteiger partial charge in [0.25, 0.3) is 5.91 Å². The first-order valence-electron chi connectivity index (χ1n) is 9.61. The van der Waals surface area contributed by atoms with Gasteiger partial charge in [-0.1, -0.05) is 24.3 Å². The Kier molecular flexibility index (Phi) is 6.53. The topological polar surface area (TPSA) is 84.9 Å². The fraction of sp³-hybridized carbons (Fsp3) is 0.364. The van der Waals surface area contributed by atoms with E-state index in [1.54, 1.807) is 24.3 Å². The molecule has 0 spiro atoms. The molecule has 148 valence electrons. The second-order valence-electron chi connectivity index (χ2n) is 6.84. The molecule has 0 aromatic heterocycles. The van der Waals surface area contributed by atoms with Crippen LogP contribution in [0, 0.1) is 5.92 Å². The van der Waals surface area contributed by atoms with Gasteiger partial charge < -0.3 is 19.9 Å². The molecule has 2 aromatic carbocycles. The molecule has 0 saturated heterocycles. The number of hydrogen-bond acceptors (Lipinski definition) is 4. The summed E-state index contributed by atoms with van der Waals surface area (Å²) in [6.07, 6.45) is 2.50. The van der Waals surface area contributed by atoms with Crippen molar-refractivity contribution >= 4 is 11.9 Å². The lowest BCUT2D eigenvalue weighted by Gasteiger charge is -2.27. The number of amides is 1. The molecule has 6 heteroatoms. The Bertz CT molecular complexity index is 827. The molecule has 1 fully saturated rings. The monoisotopic (exact) mass is 383 g/mol. The lowest BCUT2D eigenvalue weighted by Crippen LogP contribution is -2.38. The van der Waals surface area contributed by atoms with Crippen LogP contribution < -0.4 is 14.8 Å². The van der Waals surface area contributed by atoms with Crippen molar-refractivity contribution in [2.75, 3.05) is 6.61 Å². The smallest absolute Gasteiger partial charge is 0.306 e. The van der Waals surface area contributed by atoms with Gasteiger partial charge in [-0.2, -0.15) is 0 Å². The van der Waals surface area contributed by atoms with Gasteiger partial charge in [0, 0.05) is 6.04 Å². The number of nitrogens with one attached hydrogen (secondary N) is 1. The number of ether oxygens (including phenoxy) is 2. The second kappa shape index (κ2) is 9.26. The van der Waals surface area contributed by atoms with Crippen molar-refractivity contribution in [3.05, 3.63) is 54.1 Å². The van der Waals surface area contributed by atoms with Gasteiger partial charge in [0.05, 0.1) is 18.1 Å². The van der Waals surface area contributed by atoms with E-state index in [2.05, 4.69) is 5.32 Å². The number of para-hydroxylation sites is 3. The standard InChI is InChI=1S/C22H25NO5/c1-2-27-19-9-5-6-10-20(19)28-18-8-4-3-7-17(18)21(24)23-16-13-11-15(12-14-16)22(25)26/h3-10,15-16H,2,11-14H2,1H3,(H,23,24)(H,25,26). The first-order valence-corrected chi connectivity index (χ1v) is 9.61. The van der Waals surface area contributed by atoms with Gasteiger partial charge in [0.2, 0.25) is 0 Å². The van der Waals surface area contributed by atoms with E-state index in [4.69, 9.17) is 14.6 Å². The molecule has 2 N–H and O–H groups in total. The summed E-state index contributed by atoms with van der Waals surface area (Å²) < 4.78 is 11.6. The highest BCUT2D eigenvalue weighted by atomic mass is 16.5. The van der Waals surface area contributed by atoms with Gasteiger partial charge in [-0.25, -0.2) is 0 Å². The molecule has 0 aliphatic heterocycles. The second-order valence-corrected chi connectivity index (χ2v) is 6.84. The summed E-state index contributed by atoms with van der Waals surface area (Å²) >= 11 is 0. The maximum absolute atomic E-state index is 12.8. The van der Waals surface area contributed by atoms with Gasteiger partial charge in [0.1, 0.15) is 5.75 Å². The molecular formula is C22H25NO5. The fourth-order valence-electron chi connectivity index (χ4n) is 3.42. The van der Waals surface area contributed by atoms with Gasteiger partial charge in [0.15, 0.2) is 11.5 Å². The van der Waals surface area contributed by atoms with Crippen LogP contribution in [0.4, 0.5) is 0 Å². The number of hydrogen-bond donors (Lipinski definition) is 2. The normalized spacial score (nSPS) is 18.9. The van der Waals surface area contributed by atoms with Gasteiger partial charge in [-0.15, -0.1) is 0 Å². The summed E-state index contributed by atoms with van der Waals surface area (Å²) in [7, 11) is 0. The molecule has 1 aliphatic carbocycles. The zero-order chi connectivity index (χ0) is 19.9. The molecule has 0 radical (unpaired) electrons. The van der Waals surface area contributed by atoms with E-state index in [1.165, 1.54) is 0 Å². The van der Waals surface area contributed by atoms with Crippen molar-refractivity contribution in [3.8, 4) is 17.2 Å². The van der Waals surface area contributed by atoms with Crippen LogP contribution in [-0.2, 0) is 4.79 Å². The van der Waals surface area contributed by atoms with Gasteiger partial charge in [-0.3, -0.25) is 9.59 Å². The van der Waals surface area contributed by atoms with Crippen molar-refractivity contribution in [2.45, 2.75) is 38.6 Å². The molecule has 6 nitrogen and oxygen atoms in total. The van der Waals surface area contributed by atoms with Gasteiger partial charge >= 0.3 is 5.97 Å². The molecule has 0 bridgehead atoms. The quantitative estimate of drug-likeness (QED) is 0.747. The molecule has 1 saturated carbocycles. The highest BCUT2D eigenvalue weighted by Crippen LogP contribution is 2.33. The molecule has 0 unspecified atom stereocenters. The molecule has 1 amide bonds. The van der Waals surface area contributed by atoms with E-state index in [0.717, 1.165) is 0 Å². The zero-order valence-electron chi connectivity index (χ0n) is 15.9. The summed E-state index contributed by atoms with van der Waals surface area (Å²) in [5, 5.41) is 12.1. The number of carbonyl (C=O) groups excluding carboxylic acids is 1. The van der Waals surface area contributed by atoms with Crippen LogP contribution in [0.1, 0.15) is 43.0 Å². The third-order valence-electron chi connectivity index (χ3n) is 4.91. The molecular weight excluding hydrogens is 358 g/mol. The van der Waals surface area contributed by atoms with Crippen molar-refractivity contribution in [1.82, 2.24) is 5.32 Å². The highest BCUT2D eigenvalue weighted by molar-refractivity contribution is 5.97. The largest absolute Gasteiger partial charge is 0.490 e. The summed E-state index contributed by atoms with van der Waals surface area (Å²) in [6.45, 7) is 2.42. The first-order chi connectivity index (χ1) is 13.6. The summed E-state index contributed by atoms with van der Waals surface area (Å²) in [4.78, 5) is 23.9. The highest BCUT2D eigenvalue weighted by Gasteiger charge is 2.27. The van der Waals surface area contributed by atoms with E-state index in [0.29, 0.717) is 55.1 Å². The first kappa shape index (κ1) is 19.7. The van der Waals surface area contributed by atoms with Crippen LogP contribution in [0.2, 0.25) is 0 Å². The summed E-state index contributed by atoms with van der Waals surface area (Å²) in [5.74, 6) is 0.337. The van der Waals surface area contributed by atoms with Gasteiger partial charge in [-0.05, 0) is 56.9 Å². The SMILES string of the molecule is CCOc1ccccc1Oc1ccccc1C(=O)NC1CCC(C(=O)O)CC1. The Hall–Kier alpha value is -3.02. The van der Waals surface area contributed by atoms with Crippen LogP contribution in [-0.4, -0.2) is 29.6 Å². The van der Waals surface area contributed by atoms with Crippen molar-refractivity contribution in [1.29, 1.82) is 0 Å². The number of carboxylic acid groups (broad SMARTS) is 1. The number of carboxylic acids is 1. The van der Waals surface area contributed by atoms with Crippen molar-refractivity contribution < 1.29 is 24.2 Å². The lowest BCUT2D eigenvalue weighted by molar-refractivity contribution is -0.142. The van der Waals surface area contributed by atoms with Crippen LogP contribution >= 0.6 is 0 Å². The third kappa shape index (κ3) is 4.82. The Labute approximate surface area is 164 Å². The predicted molar refractivity (Wildman–Crippen MR) is 105 cm³/mol. The average Bonchev–Trinajstić information content (AvgIpc) is 2.70. The molecule has 3 rings (SSSR count). The minimum Gasteiger partial charge on any atom is -0.490 e. The fourth-order valence-corrected chi connectivity index (χ4v) is 3.42. The third-order valence-corrected chi connectivity index (χ3v) is 4.91. The van der Waals surface area contributed by atoms with E-state index in [-0.39, 0.29) is 17.9 Å². The van der Waals surface area contributed by atoms with E-state index in [9.17, 15) is 9.59 Å². The molecule has 2 aromatic rings. The van der Waals surface area contributed by atoms with E-state index < -0.39 is 5.97 Å². The Morgan fingerprint density at radius 1 is 0.964 bits per heavy atom. The van der Waals surface area contributed by atoms with Crippen molar-refractivity contribution in [2.24, 2.45) is 5.92 Å². The number of rotatable bonds is 7. The van der Waals surface area contributed by atoms with Crippen LogP contribution in [0.5, 0.6) is 17.2 Å². The maximum Gasteiger partial charge on any atom is 0.306 e. The Morgan fingerprint density at radius 2 is 1.57 bits per heavy atom. The Morgan fingerprint density at radius 3 is 2.21 bits per heavy atom. The lowest BCUT2D eigenvalue weighted by atomic mass is 9.86. The maximum atomic E-state index is 12.8. The average molecular weight is 383 g/mol. The minimum atomic E-state index is -0.753. The predicted octanol–water partition coefficient (Wildman–Crippen LogP) is 4.25. The van der Waals surface area contributed by atoms with E-state index >= 15 is 0 Å². The number of carbonyl (C=O) groups is 2. The van der Waals surface area contributed by atoms with Crippen LogP contribution in [0.15, 0.2) is 48.5 Å². The molecule has 0 atom stereocenters. The van der Waals surface area contributed by atoms with Crippen LogP contribution in [0.25, 0.3) is 0 Å². The summed E-state index contributed by atoms with van der Waals surface area (Å²) in [5.41, 5.74) is 0.439. The van der Waals surface area contributed by atoms with E-state index in [1.807, 2.05) is 31.2 Å². The van der Waals surface area contributed by atoms with Crippen molar-refractivity contribution in [3.63, 3.8) is 0 Å². The number of benzene rings is 2. The summed E-state index contributed by atoms with van der Waals surface area (Å²) in [6, 6.07) is 14.4. The zero-order valence-corrected chi connectivity index (χ0v) is 15.9. The number of aliphatic carboxylic acids is 1. The molecule has 0 heterocycles.